The van der Waals surface area contributed by atoms with E-state index in [0.29, 0.717) is 11.3 Å². The van der Waals surface area contributed by atoms with Crippen molar-refractivity contribution in [2.24, 2.45) is 5.92 Å². The van der Waals surface area contributed by atoms with E-state index in [1.54, 1.807) is 36.7 Å². The van der Waals surface area contributed by atoms with Crippen LogP contribution in [0.3, 0.4) is 0 Å². The zero-order chi connectivity index (χ0) is 16.9. The Morgan fingerprint density at radius 3 is 2.62 bits per heavy atom. The molecule has 0 spiro atoms. The highest BCUT2D eigenvalue weighted by molar-refractivity contribution is 6.02. The molecular formula is C19H20N4O. The number of Topliss-reactive ketones (excluding diaryl/α,β-unsaturated/α-hetero) is 1. The summed E-state index contributed by atoms with van der Waals surface area (Å²) < 4.78 is 0. The number of ketones is 1. The van der Waals surface area contributed by atoms with Crippen LogP contribution in [0.15, 0.2) is 42.7 Å². The van der Waals surface area contributed by atoms with Crippen molar-refractivity contribution in [2.75, 3.05) is 18.0 Å². The number of nitriles is 1. The van der Waals surface area contributed by atoms with Crippen molar-refractivity contribution in [2.45, 2.75) is 25.7 Å². The lowest BCUT2D eigenvalue weighted by atomic mass is 9.96. The Kier molecular flexibility index (Phi) is 4.85. The highest BCUT2D eigenvalue weighted by Gasteiger charge is 2.24. The molecule has 0 bridgehead atoms. The molecule has 1 aliphatic heterocycles. The van der Waals surface area contributed by atoms with E-state index in [2.05, 4.69) is 21.8 Å². The van der Waals surface area contributed by atoms with Crippen LogP contribution in [0, 0.1) is 17.2 Å². The van der Waals surface area contributed by atoms with Gasteiger partial charge in [0.2, 0.25) is 0 Å². The van der Waals surface area contributed by atoms with Gasteiger partial charge < -0.3 is 4.90 Å². The highest BCUT2D eigenvalue weighted by atomic mass is 16.1. The average Bonchev–Trinajstić information content (AvgIpc) is 2.64. The average molecular weight is 320 g/mol. The van der Waals surface area contributed by atoms with Gasteiger partial charge in [0.1, 0.15) is 5.82 Å². The van der Waals surface area contributed by atoms with Gasteiger partial charge >= 0.3 is 0 Å². The predicted octanol–water partition coefficient (Wildman–Crippen LogP) is 3.20. The third-order valence-electron chi connectivity index (χ3n) is 4.51. The quantitative estimate of drug-likeness (QED) is 0.809. The lowest BCUT2D eigenvalue weighted by molar-refractivity contribution is 0.0977. The van der Waals surface area contributed by atoms with Crippen LogP contribution in [0.1, 0.15) is 41.7 Å². The van der Waals surface area contributed by atoms with Crippen molar-refractivity contribution in [3.8, 4) is 6.07 Å². The Labute approximate surface area is 142 Å². The third kappa shape index (κ3) is 3.43. The first-order valence-corrected chi connectivity index (χ1v) is 8.25. The van der Waals surface area contributed by atoms with E-state index in [1.807, 2.05) is 12.1 Å². The van der Waals surface area contributed by atoms with Crippen LogP contribution in [0.5, 0.6) is 0 Å². The normalized spacial score (nSPS) is 16.4. The topological polar surface area (TPSA) is 69.9 Å². The maximum absolute atomic E-state index is 12.6. The minimum atomic E-state index is -0.894. The Morgan fingerprint density at radius 1 is 1.25 bits per heavy atom. The van der Waals surface area contributed by atoms with Gasteiger partial charge in [-0.3, -0.25) is 9.78 Å². The molecule has 0 saturated carbocycles. The van der Waals surface area contributed by atoms with Crippen molar-refractivity contribution in [3.63, 3.8) is 0 Å². The summed E-state index contributed by atoms with van der Waals surface area (Å²) in [5, 5.41) is 9.36. The fraction of sp³-hybridized carbons (Fsp3) is 0.368. The molecule has 0 radical (unpaired) electrons. The van der Waals surface area contributed by atoms with Gasteiger partial charge in [-0.2, -0.15) is 5.26 Å². The largest absolute Gasteiger partial charge is 0.357 e. The van der Waals surface area contributed by atoms with Crippen LogP contribution in [0.2, 0.25) is 0 Å². The minimum absolute atomic E-state index is 0.262. The summed E-state index contributed by atoms with van der Waals surface area (Å²) in [5.74, 6) is 0.499. The Bertz CT molecular complexity index is 728. The summed E-state index contributed by atoms with van der Waals surface area (Å²) in [6, 6.07) is 10.9. The van der Waals surface area contributed by atoms with Crippen molar-refractivity contribution in [1.29, 1.82) is 5.26 Å². The number of rotatable bonds is 4. The van der Waals surface area contributed by atoms with Crippen LogP contribution in [-0.4, -0.2) is 28.8 Å². The molecule has 5 heteroatoms. The van der Waals surface area contributed by atoms with Crippen LogP contribution >= 0.6 is 0 Å². The van der Waals surface area contributed by atoms with Gasteiger partial charge in [0.05, 0.1) is 11.8 Å². The lowest BCUT2D eigenvalue weighted by Gasteiger charge is -2.31. The molecule has 0 amide bonds. The maximum Gasteiger partial charge on any atom is 0.187 e. The molecule has 2 aromatic heterocycles. The number of aromatic nitrogens is 2. The molecule has 0 N–H and O–H groups in total. The zero-order valence-corrected chi connectivity index (χ0v) is 13.7. The van der Waals surface area contributed by atoms with E-state index in [0.717, 1.165) is 24.8 Å². The summed E-state index contributed by atoms with van der Waals surface area (Å²) in [6.45, 7) is 4.26. The monoisotopic (exact) mass is 320 g/mol. The molecule has 0 aromatic carbocycles. The second-order valence-electron chi connectivity index (χ2n) is 6.26. The first-order chi connectivity index (χ1) is 11.7. The molecule has 5 nitrogen and oxygen atoms in total. The molecular weight excluding hydrogens is 300 g/mol. The number of hydrogen-bond donors (Lipinski definition) is 0. The van der Waals surface area contributed by atoms with E-state index in [4.69, 9.17) is 0 Å². The van der Waals surface area contributed by atoms with Crippen LogP contribution < -0.4 is 4.90 Å². The second-order valence-corrected chi connectivity index (χ2v) is 6.26. The summed E-state index contributed by atoms with van der Waals surface area (Å²) >= 11 is 0. The summed E-state index contributed by atoms with van der Waals surface area (Å²) in [7, 11) is 0. The number of piperidine rings is 1. The Morgan fingerprint density at radius 2 is 2.04 bits per heavy atom. The van der Waals surface area contributed by atoms with Crippen LogP contribution in [0.25, 0.3) is 0 Å². The first kappa shape index (κ1) is 16.1. The van der Waals surface area contributed by atoms with Crippen molar-refractivity contribution in [1.82, 2.24) is 9.97 Å². The molecule has 2 aromatic rings. The van der Waals surface area contributed by atoms with E-state index >= 15 is 0 Å². The number of nitrogens with zero attached hydrogens (tertiary/aromatic N) is 4. The van der Waals surface area contributed by atoms with Gasteiger partial charge in [0, 0.05) is 31.0 Å². The highest BCUT2D eigenvalue weighted by Crippen LogP contribution is 2.23. The predicted molar refractivity (Wildman–Crippen MR) is 91.8 cm³/mol. The Hall–Kier alpha value is -2.74. The van der Waals surface area contributed by atoms with E-state index in [1.165, 1.54) is 12.8 Å². The number of hydrogen-bond acceptors (Lipinski definition) is 5. The molecule has 3 rings (SSSR count). The second kappa shape index (κ2) is 7.22. The van der Waals surface area contributed by atoms with Crippen molar-refractivity contribution >= 4 is 11.6 Å². The van der Waals surface area contributed by atoms with E-state index < -0.39 is 5.92 Å². The van der Waals surface area contributed by atoms with Gasteiger partial charge in [0.15, 0.2) is 11.7 Å². The summed E-state index contributed by atoms with van der Waals surface area (Å²) in [5.41, 5.74) is 0.917. The molecule has 1 saturated heterocycles. The lowest BCUT2D eigenvalue weighted by Crippen LogP contribution is -2.33. The molecule has 1 aliphatic rings. The van der Waals surface area contributed by atoms with E-state index in [9.17, 15) is 10.1 Å². The molecule has 3 heterocycles. The summed E-state index contributed by atoms with van der Waals surface area (Å²) in [4.78, 5) is 23.4. The van der Waals surface area contributed by atoms with Crippen molar-refractivity contribution < 1.29 is 4.79 Å². The number of pyridine rings is 2. The van der Waals surface area contributed by atoms with Crippen LogP contribution in [0.4, 0.5) is 5.82 Å². The van der Waals surface area contributed by atoms with Gasteiger partial charge in [0.25, 0.3) is 0 Å². The number of carbonyl (C=O) groups excluding carboxylic acids is 1. The molecule has 1 atom stereocenters. The van der Waals surface area contributed by atoms with Gasteiger partial charge in [-0.05, 0) is 43.0 Å². The third-order valence-corrected chi connectivity index (χ3v) is 4.51. The maximum atomic E-state index is 12.6. The molecule has 24 heavy (non-hydrogen) atoms. The van der Waals surface area contributed by atoms with Gasteiger partial charge in [-0.15, -0.1) is 0 Å². The fourth-order valence-electron chi connectivity index (χ4n) is 2.93. The van der Waals surface area contributed by atoms with Crippen molar-refractivity contribution in [3.05, 3.63) is 54.0 Å². The summed E-state index contributed by atoms with van der Waals surface area (Å²) in [6.07, 6.45) is 5.49. The number of anilines is 1. The fourth-order valence-corrected chi connectivity index (χ4v) is 2.93. The Balaban J connectivity index is 1.75. The zero-order valence-electron chi connectivity index (χ0n) is 13.7. The number of carbonyl (C=O) groups is 1. The standard InChI is InChI=1S/C19H20N4O/c1-14-7-10-23(11-8-14)18-6-5-15(13-22-18)19(24)16(12-20)17-4-2-3-9-21-17/h2-6,9,13-14,16H,7-8,10-11H2,1H3. The molecule has 0 aliphatic carbocycles. The van der Waals surface area contributed by atoms with Gasteiger partial charge in [-0.1, -0.05) is 13.0 Å². The van der Waals surface area contributed by atoms with E-state index in [-0.39, 0.29) is 5.78 Å². The molecule has 122 valence electrons. The first-order valence-electron chi connectivity index (χ1n) is 8.25. The smallest absolute Gasteiger partial charge is 0.187 e. The molecule has 1 fully saturated rings. The van der Waals surface area contributed by atoms with Gasteiger partial charge in [-0.25, -0.2) is 4.98 Å². The van der Waals surface area contributed by atoms with Crippen LogP contribution in [-0.2, 0) is 0 Å². The molecule has 1 unspecified atom stereocenters. The minimum Gasteiger partial charge on any atom is -0.357 e. The SMILES string of the molecule is CC1CCN(c2ccc(C(=O)C(C#N)c3ccccn3)cn2)CC1.